The molecule has 4 aromatic rings. The first-order chi connectivity index (χ1) is 14.7. The summed E-state index contributed by atoms with van der Waals surface area (Å²) in [7, 11) is 0. The van der Waals surface area contributed by atoms with E-state index in [0.717, 1.165) is 41.5 Å². The number of anilines is 2. The Morgan fingerprint density at radius 1 is 0.967 bits per heavy atom. The molecule has 5 rings (SSSR count). The van der Waals surface area contributed by atoms with Gasteiger partial charge in [-0.05, 0) is 18.1 Å². The number of rotatable bonds is 4. The van der Waals surface area contributed by atoms with Crippen molar-refractivity contribution in [2.75, 3.05) is 17.2 Å². The minimum atomic E-state index is 0.0112. The van der Waals surface area contributed by atoms with Gasteiger partial charge in [0.15, 0.2) is 0 Å². The second-order valence-electron chi connectivity index (χ2n) is 7.62. The van der Waals surface area contributed by atoms with Gasteiger partial charge in [-0.1, -0.05) is 65.8 Å². The molecule has 0 fully saturated rings. The SMILES string of the molecule is Cc1cc(N2CCc3onc(C(c4ccccc4)c4ccccc4)c3C2)nc(N)n1. The summed E-state index contributed by atoms with van der Waals surface area (Å²) in [4.78, 5) is 10.9. The van der Waals surface area contributed by atoms with Crippen molar-refractivity contribution >= 4 is 11.8 Å². The van der Waals surface area contributed by atoms with E-state index in [1.165, 1.54) is 11.1 Å². The van der Waals surface area contributed by atoms with E-state index < -0.39 is 0 Å². The molecule has 0 atom stereocenters. The van der Waals surface area contributed by atoms with Gasteiger partial charge >= 0.3 is 0 Å². The van der Waals surface area contributed by atoms with Crippen molar-refractivity contribution in [2.45, 2.75) is 25.8 Å². The number of hydrogen-bond donors (Lipinski definition) is 1. The first-order valence-electron chi connectivity index (χ1n) is 10.1. The van der Waals surface area contributed by atoms with Gasteiger partial charge in [0.1, 0.15) is 17.3 Å². The molecule has 3 heterocycles. The molecule has 0 amide bonds. The third kappa shape index (κ3) is 3.41. The fourth-order valence-corrected chi connectivity index (χ4v) is 4.19. The van der Waals surface area contributed by atoms with Crippen molar-refractivity contribution in [1.29, 1.82) is 0 Å². The number of nitrogens with two attached hydrogens (primary N) is 1. The van der Waals surface area contributed by atoms with Crippen molar-refractivity contribution in [3.05, 3.63) is 101 Å². The summed E-state index contributed by atoms with van der Waals surface area (Å²) in [6, 6.07) is 22.9. The molecule has 6 heteroatoms. The van der Waals surface area contributed by atoms with E-state index in [9.17, 15) is 0 Å². The smallest absolute Gasteiger partial charge is 0.222 e. The number of nitrogen functional groups attached to an aromatic ring is 1. The zero-order valence-corrected chi connectivity index (χ0v) is 16.8. The molecule has 0 saturated carbocycles. The number of benzene rings is 2. The maximum Gasteiger partial charge on any atom is 0.222 e. The summed E-state index contributed by atoms with van der Waals surface area (Å²) < 4.78 is 5.81. The fourth-order valence-electron chi connectivity index (χ4n) is 4.19. The second kappa shape index (κ2) is 7.63. The van der Waals surface area contributed by atoms with Crippen molar-refractivity contribution in [3.63, 3.8) is 0 Å². The third-order valence-electron chi connectivity index (χ3n) is 5.58. The summed E-state index contributed by atoms with van der Waals surface area (Å²) in [5, 5.41) is 4.56. The average molecular weight is 397 g/mol. The van der Waals surface area contributed by atoms with Gasteiger partial charge < -0.3 is 15.2 Å². The molecule has 150 valence electrons. The van der Waals surface area contributed by atoms with Crippen LogP contribution in [0.4, 0.5) is 11.8 Å². The Bertz CT molecular complexity index is 1100. The Morgan fingerprint density at radius 3 is 2.27 bits per heavy atom. The van der Waals surface area contributed by atoms with Crippen LogP contribution in [0.2, 0.25) is 0 Å². The molecule has 0 unspecified atom stereocenters. The van der Waals surface area contributed by atoms with E-state index in [-0.39, 0.29) is 5.92 Å². The largest absolute Gasteiger partial charge is 0.368 e. The summed E-state index contributed by atoms with van der Waals surface area (Å²) in [6.45, 7) is 3.42. The molecule has 1 aliphatic heterocycles. The van der Waals surface area contributed by atoms with E-state index in [1.807, 2.05) is 25.1 Å². The number of aryl methyl sites for hydroxylation is 1. The Morgan fingerprint density at radius 2 is 1.63 bits per heavy atom. The lowest BCUT2D eigenvalue weighted by molar-refractivity contribution is 0.372. The van der Waals surface area contributed by atoms with Gasteiger partial charge in [0.05, 0.1) is 5.92 Å². The zero-order valence-electron chi connectivity index (χ0n) is 16.8. The molecule has 6 nitrogen and oxygen atoms in total. The monoisotopic (exact) mass is 397 g/mol. The first-order valence-corrected chi connectivity index (χ1v) is 10.1. The number of nitrogens with zero attached hydrogens (tertiary/aromatic N) is 4. The topological polar surface area (TPSA) is 81.1 Å². The van der Waals surface area contributed by atoms with Crippen LogP contribution in [0.5, 0.6) is 0 Å². The molecule has 1 aliphatic rings. The standard InChI is InChI=1S/C24H23N5O/c1-16-14-21(27-24(25)26-16)29-13-12-20-19(15-29)23(28-30-20)22(17-8-4-2-5-9-17)18-10-6-3-7-11-18/h2-11,14,22H,12-13,15H2,1H3,(H2,25,26,27). The van der Waals surface area contributed by atoms with Crippen molar-refractivity contribution in [2.24, 2.45) is 0 Å². The van der Waals surface area contributed by atoms with Crippen LogP contribution in [0.15, 0.2) is 71.3 Å². The number of aromatic nitrogens is 3. The highest BCUT2D eigenvalue weighted by atomic mass is 16.5. The van der Waals surface area contributed by atoms with Gasteiger partial charge in [-0.3, -0.25) is 0 Å². The lowest BCUT2D eigenvalue weighted by atomic mass is 9.85. The Kier molecular flexibility index (Phi) is 4.67. The molecule has 2 N–H and O–H groups in total. The fraction of sp³-hybridized carbons (Fsp3) is 0.208. The molecule has 2 aromatic heterocycles. The van der Waals surface area contributed by atoms with Crippen LogP contribution in [0.25, 0.3) is 0 Å². The van der Waals surface area contributed by atoms with Crippen LogP contribution in [-0.4, -0.2) is 21.7 Å². The number of fused-ring (bicyclic) bond motifs is 1. The zero-order chi connectivity index (χ0) is 20.5. The highest BCUT2D eigenvalue weighted by Crippen LogP contribution is 2.37. The van der Waals surface area contributed by atoms with Crippen molar-refractivity contribution < 1.29 is 4.52 Å². The van der Waals surface area contributed by atoms with E-state index in [1.54, 1.807) is 0 Å². The molecule has 30 heavy (non-hydrogen) atoms. The van der Waals surface area contributed by atoms with Crippen LogP contribution >= 0.6 is 0 Å². The van der Waals surface area contributed by atoms with E-state index in [0.29, 0.717) is 12.5 Å². The van der Waals surface area contributed by atoms with Gasteiger partial charge in [0.25, 0.3) is 0 Å². The highest BCUT2D eigenvalue weighted by Gasteiger charge is 2.30. The third-order valence-corrected chi connectivity index (χ3v) is 5.58. The summed E-state index contributed by atoms with van der Waals surface area (Å²) in [5.74, 6) is 2.11. The highest BCUT2D eigenvalue weighted by molar-refractivity contribution is 5.49. The van der Waals surface area contributed by atoms with Gasteiger partial charge in [0, 0.05) is 36.8 Å². The minimum absolute atomic E-state index is 0.0112. The lowest BCUT2D eigenvalue weighted by Gasteiger charge is -2.28. The summed E-state index contributed by atoms with van der Waals surface area (Å²) in [5.41, 5.74) is 11.2. The van der Waals surface area contributed by atoms with Crippen LogP contribution in [0, 0.1) is 6.92 Å². The Balaban J connectivity index is 1.57. The molecule has 0 radical (unpaired) electrons. The molecule has 2 aromatic carbocycles. The maximum absolute atomic E-state index is 5.89. The van der Waals surface area contributed by atoms with E-state index >= 15 is 0 Å². The van der Waals surface area contributed by atoms with Crippen LogP contribution < -0.4 is 10.6 Å². The average Bonchev–Trinajstić information content (AvgIpc) is 3.18. The summed E-state index contributed by atoms with van der Waals surface area (Å²) >= 11 is 0. The Hall–Kier alpha value is -3.67. The van der Waals surface area contributed by atoms with Crippen LogP contribution in [0.1, 0.15) is 39.8 Å². The summed E-state index contributed by atoms with van der Waals surface area (Å²) in [6.07, 6.45) is 0.779. The van der Waals surface area contributed by atoms with Crippen LogP contribution in [0.3, 0.4) is 0 Å². The molecule has 0 bridgehead atoms. The molecule has 0 spiro atoms. The van der Waals surface area contributed by atoms with Crippen molar-refractivity contribution in [1.82, 2.24) is 15.1 Å². The second-order valence-corrected chi connectivity index (χ2v) is 7.62. The van der Waals surface area contributed by atoms with Gasteiger partial charge in [0.2, 0.25) is 5.95 Å². The predicted molar refractivity (Wildman–Crippen MR) is 116 cm³/mol. The van der Waals surface area contributed by atoms with E-state index in [4.69, 9.17) is 10.3 Å². The minimum Gasteiger partial charge on any atom is -0.368 e. The molecular weight excluding hydrogens is 374 g/mol. The number of hydrogen-bond acceptors (Lipinski definition) is 6. The Labute approximate surface area is 175 Å². The van der Waals surface area contributed by atoms with Gasteiger partial charge in [-0.15, -0.1) is 0 Å². The first kappa shape index (κ1) is 18.4. The molecule has 0 saturated heterocycles. The van der Waals surface area contributed by atoms with Crippen molar-refractivity contribution in [3.8, 4) is 0 Å². The van der Waals surface area contributed by atoms with Gasteiger partial charge in [-0.2, -0.15) is 4.98 Å². The molecule has 0 aliphatic carbocycles. The maximum atomic E-state index is 5.89. The lowest BCUT2D eigenvalue weighted by Crippen LogP contribution is -2.31. The molecular formula is C24H23N5O. The quantitative estimate of drug-likeness (QED) is 0.558. The van der Waals surface area contributed by atoms with E-state index in [2.05, 4.69) is 68.6 Å². The normalized spacial score (nSPS) is 13.5. The van der Waals surface area contributed by atoms with Crippen LogP contribution in [-0.2, 0) is 13.0 Å². The predicted octanol–water partition coefficient (Wildman–Crippen LogP) is 4.10. The van der Waals surface area contributed by atoms with Gasteiger partial charge in [-0.25, -0.2) is 4.98 Å².